The Bertz CT molecular complexity index is 1150. The van der Waals surface area contributed by atoms with Crippen LogP contribution < -0.4 is 14.4 Å². The van der Waals surface area contributed by atoms with Crippen LogP contribution in [-0.4, -0.2) is 28.6 Å². The van der Waals surface area contributed by atoms with Crippen LogP contribution >= 0.6 is 22.9 Å². The van der Waals surface area contributed by atoms with E-state index in [9.17, 15) is 8.42 Å². The van der Waals surface area contributed by atoms with Gasteiger partial charge in [0.25, 0.3) is 10.0 Å². The van der Waals surface area contributed by atoms with E-state index >= 15 is 0 Å². The summed E-state index contributed by atoms with van der Waals surface area (Å²) in [5.74, 6) is 0.752. The minimum atomic E-state index is -3.72. The van der Waals surface area contributed by atoms with Gasteiger partial charge in [0.15, 0.2) is 0 Å². The number of thiophene rings is 1. The summed E-state index contributed by atoms with van der Waals surface area (Å²) in [4.78, 5) is 2.26. The topological polar surface area (TPSA) is 58.6 Å². The minimum absolute atomic E-state index is 0.310. The zero-order chi connectivity index (χ0) is 20.6. The van der Waals surface area contributed by atoms with Crippen LogP contribution in [0.5, 0.6) is 5.75 Å². The monoisotopic (exact) mass is 450 g/mol. The van der Waals surface area contributed by atoms with Crippen molar-refractivity contribution in [1.29, 1.82) is 0 Å². The lowest BCUT2D eigenvalue weighted by molar-refractivity contribution is 0.412. The number of aryl methyl sites for hydroxylation is 1. The Morgan fingerprint density at radius 3 is 2.59 bits per heavy atom. The third kappa shape index (κ3) is 4.04. The van der Waals surface area contributed by atoms with Crippen LogP contribution in [0.1, 0.15) is 24.8 Å². The van der Waals surface area contributed by atoms with Gasteiger partial charge in [-0.05, 0) is 73.5 Å². The van der Waals surface area contributed by atoms with Crippen LogP contribution in [0.25, 0.3) is 10.1 Å². The lowest BCUT2D eigenvalue weighted by Gasteiger charge is -2.30. The first-order valence-electron chi connectivity index (χ1n) is 9.53. The van der Waals surface area contributed by atoms with Gasteiger partial charge in [-0.3, -0.25) is 4.72 Å². The molecule has 0 amide bonds. The fraction of sp³-hybridized carbons (Fsp3) is 0.333. The van der Waals surface area contributed by atoms with Crippen molar-refractivity contribution >= 4 is 54.4 Å². The highest BCUT2D eigenvalue weighted by Crippen LogP contribution is 2.38. The standard InChI is InChI=1S/C21H23ClN2O3S2/c1-14-17-12-15(22)6-9-20(17)28-21(14)29(25,26)23-16-7-8-19(27-2)18(13-16)24-10-4-3-5-11-24/h6-9,12-13,23H,3-5,10-11H2,1-2H3. The van der Waals surface area contributed by atoms with Crippen LogP contribution in [0.3, 0.4) is 0 Å². The number of ether oxygens (including phenoxy) is 1. The second-order valence-electron chi connectivity index (χ2n) is 7.19. The summed E-state index contributed by atoms with van der Waals surface area (Å²) in [5, 5.41) is 1.46. The first-order valence-corrected chi connectivity index (χ1v) is 12.2. The lowest BCUT2D eigenvalue weighted by atomic mass is 10.1. The number of rotatable bonds is 5. The summed E-state index contributed by atoms with van der Waals surface area (Å²) < 4.78 is 35.7. The van der Waals surface area contributed by atoms with E-state index in [-0.39, 0.29) is 0 Å². The molecule has 154 valence electrons. The zero-order valence-corrected chi connectivity index (χ0v) is 18.8. The van der Waals surface area contributed by atoms with Crippen LogP contribution in [0, 0.1) is 6.92 Å². The highest BCUT2D eigenvalue weighted by atomic mass is 35.5. The smallest absolute Gasteiger partial charge is 0.271 e. The van der Waals surface area contributed by atoms with Crippen LogP contribution in [0.2, 0.25) is 5.02 Å². The summed E-state index contributed by atoms with van der Waals surface area (Å²) in [6, 6.07) is 10.9. The molecule has 4 rings (SSSR count). The maximum atomic E-state index is 13.1. The number of hydrogen-bond acceptors (Lipinski definition) is 5. The normalized spacial score (nSPS) is 14.9. The van der Waals surface area contributed by atoms with Crippen molar-refractivity contribution in [2.24, 2.45) is 0 Å². The molecule has 0 bridgehead atoms. The van der Waals surface area contributed by atoms with Crippen molar-refractivity contribution in [1.82, 2.24) is 0 Å². The van der Waals surface area contributed by atoms with Gasteiger partial charge in [-0.25, -0.2) is 8.42 Å². The Morgan fingerprint density at radius 1 is 1.10 bits per heavy atom. The average Bonchev–Trinajstić information content (AvgIpc) is 3.05. The summed E-state index contributed by atoms with van der Waals surface area (Å²) >= 11 is 7.34. The second kappa shape index (κ2) is 8.05. The summed E-state index contributed by atoms with van der Waals surface area (Å²) in [6.07, 6.45) is 3.48. The Hall–Kier alpha value is -1.96. The van der Waals surface area contributed by atoms with Gasteiger partial charge in [0.1, 0.15) is 9.96 Å². The van der Waals surface area contributed by atoms with Crippen LogP contribution in [0.15, 0.2) is 40.6 Å². The second-order valence-corrected chi connectivity index (χ2v) is 10.6. The molecule has 3 aromatic rings. The van der Waals surface area contributed by atoms with Gasteiger partial charge in [0.2, 0.25) is 0 Å². The molecule has 5 nitrogen and oxygen atoms in total. The van der Waals surface area contributed by atoms with Gasteiger partial charge in [-0.15, -0.1) is 11.3 Å². The van der Waals surface area contributed by atoms with E-state index in [2.05, 4.69) is 9.62 Å². The van der Waals surface area contributed by atoms with Crippen LogP contribution in [0.4, 0.5) is 11.4 Å². The van der Waals surface area contributed by atoms with Gasteiger partial charge < -0.3 is 9.64 Å². The molecule has 0 radical (unpaired) electrons. The average molecular weight is 451 g/mol. The number of hydrogen-bond donors (Lipinski definition) is 1. The van der Waals surface area contributed by atoms with E-state index in [0.717, 1.165) is 47.5 Å². The van der Waals surface area contributed by atoms with Gasteiger partial charge in [-0.2, -0.15) is 0 Å². The Morgan fingerprint density at radius 2 is 1.86 bits per heavy atom. The fourth-order valence-electron chi connectivity index (χ4n) is 3.76. The molecule has 0 saturated carbocycles. The van der Waals surface area contributed by atoms with E-state index in [1.807, 2.05) is 31.2 Å². The van der Waals surface area contributed by atoms with Crippen molar-refractivity contribution in [3.63, 3.8) is 0 Å². The van der Waals surface area contributed by atoms with E-state index in [1.165, 1.54) is 17.8 Å². The molecule has 1 aromatic heterocycles. The molecule has 2 aromatic carbocycles. The van der Waals surface area contributed by atoms with Gasteiger partial charge in [0.05, 0.1) is 18.5 Å². The maximum absolute atomic E-state index is 13.1. The number of benzene rings is 2. The molecule has 1 N–H and O–H groups in total. The molecule has 1 fully saturated rings. The first kappa shape index (κ1) is 20.3. The first-order chi connectivity index (χ1) is 13.9. The number of halogens is 1. The van der Waals surface area contributed by atoms with Crippen molar-refractivity contribution in [3.8, 4) is 5.75 Å². The van der Waals surface area contributed by atoms with Crippen molar-refractivity contribution in [3.05, 3.63) is 47.0 Å². The van der Waals surface area contributed by atoms with Gasteiger partial charge in [-0.1, -0.05) is 11.6 Å². The molecule has 1 aliphatic rings. The largest absolute Gasteiger partial charge is 0.495 e. The Labute approximate surface area is 180 Å². The Balaban J connectivity index is 1.69. The van der Waals surface area contributed by atoms with E-state index in [1.54, 1.807) is 19.2 Å². The van der Waals surface area contributed by atoms with E-state index in [4.69, 9.17) is 16.3 Å². The molecule has 2 heterocycles. The molecular formula is C21H23ClN2O3S2. The minimum Gasteiger partial charge on any atom is -0.495 e. The molecule has 1 saturated heterocycles. The van der Waals surface area contributed by atoms with Crippen molar-refractivity contribution in [2.45, 2.75) is 30.4 Å². The van der Waals surface area contributed by atoms with Crippen molar-refractivity contribution in [2.75, 3.05) is 29.8 Å². The number of piperidine rings is 1. The fourth-order valence-corrected chi connectivity index (χ4v) is 6.73. The molecule has 8 heteroatoms. The number of nitrogens with one attached hydrogen (secondary N) is 1. The number of sulfonamides is 1. The molecule has 0 atom stereocenters. The van der Waals surface area contributed by atoms with Crippen LogP contribution in [-0.2, 0) is 10.0 Å². The zero-order valence-electron chi connectivity index (χ0n) is 16.4. The molecule has 0 spiro atoms. The molecule has 29 heavy (non-hydrogen) atoms. The SMILES string of the molecule is COc1ccc(NS(=O)(=O)c2sc3ccc(Cl)cc3c2C)cc1N1CCCCC1. The highest BCUT2D eigenvalue weighted by Gasteiger charge is 2.23. The number of anilines is 2. The molecule has 0 aliphatic carbocycles. The van der Waals surface area contributed by atoms with Gasteiger partial charge in [0, 0.05) is 22.8 Å². The summed E-state index contributed by atoms with van der Waals surface area (Å²) in [6.45, 7) is 3.71. The summed E-state index contributed by atoms with van der Waals surface area (Å²) in [5.41, 5.74) is 2.17. The quantitative estimate of drug-likeness (QED) is 0.544. The van der Waals surface area contributed by atoms with E-state index < -0.39 is 10.0 Å². The predicted octanol–water partition coefficient (Wildman–Crippen LogP) is 5.66. The molecule has 1 aliphatic heterocycles. The maximum Gasteiger partial charge on any atom is 0.271 e. The third-order valence-electron chi connectivity index (χ3n) is 5.23. The molecule has 0 unspecified atom stereocenters. The number of fused-ring (bicyclic) bond motifs is 1. The van der Waals surface area contributed by atoms with Gasteiger partial charge >= 0.3 is 0 Å². The summed E-state index contributed by atoms with van der Waals surface area (Å²) in [7, 11) is -2.08. The third-order valence-corrected chi connectivity index (χ3v) is 8.74. The predicted molar refractivity (Wildman–Crippen MR) is 121 cm³/mol. The number of nitrogens with zero attached hydrogens (tertiary/aromatic N) is 1. The Kier molecular flexibility index (Phi) is 5.64. The molecular weight excluding hydrogens is 428 g/mol. The van der Waals surface area contributed by atoms with Crippen molar-refractivity contribution < 1.29 is 13.2 Å². The lowest BCUT2D eigenvalue weighted by Crippen LogP contribution is -2.29. The van der Waals surface area contributed by atoms with E-state index in [0.29, 0.717) is 20.5 Å². The highest BCUT2D eigenvalue weighted by molar-refractivity contribution is 7.94. The number of methoxy groups -OCH3 is 1.